The molecule has 0 spiro atoms. The van der Waals surface area contributed by atoms with Crippen LogP contribution in [-0.2, 0) is 127 Å². The number of hydroxylamine groups is 4. The van der Waals surface area contributed by atoms with E-state index in [-0.39, 0.29) is 82.5 Å². The third-order valence-electron chi connectivity index (χ3n) is 20.8. The SMILES string of the molecule is C.C=C1N2C[C@@H](CC[C@@H]2CN=[N+]=[N-])N1OCc1ccccc1.CN.COC(=O)[C@H]1CCC(=NOCc2ccccc2)CN1C(=O)OC(C)(C)C.COC(=O)[C@H]1CCC(=O)CN1C(=O)OC(C)(C)C.COC(=O)[C@H]1CCC(=O)N1C(=O)OC(C)(C)C.COC(=O)[C@H]1CC[C@@H](NOCc2ccccc2)CN1C(=O)OC(C)(C)C.COC(=O)[C@H]1CC[C@H](NOCc2ccccc2)CN1C(=O)OC(C)(C)C.Cl. The number of fused-ring (bicyclic) bond motifs is 2. The average molecular weight is 1960 g/mol. The van der Waals surface area contributed by atoms with Crippen LogP contribution in [0.2, 0.25) is 0 Å². The van der Waals surface area contributed by atoms with Crippen molar-refractivity contribution in [3.63, 3.8) is 0 Å². The lowest BCUT2D eigenvalue weighted by molar-refractivity contribution is -0.156. The fourth-order valence-electron chi connectivity index (χ4n) is 14.5. The van der Waals surface area contributed by atoms with Crippen molar-refractivity contribution in [1.82, 2.24) is 45.4 Å². The molecule has 7 saturated heterocycles. The number of carbonyl (C=O) groups is 12. The molecule has 0 radical (unpaired) electrons. The molecule has 0 aromatic heterocycles. The summed E-state index contributed by atoms with van der Waals surface area (Å²) in [5, 5.41) is 9.78. The Labute approximate surface area is 817 Å². The van der Waals surface area contributed by atoms with Gasteiger partial charge in [-0.3, -0.25) is 43.7 Å². The van der Waals surface area contributed by atoms with Crippen LogP contribution in [0, 0.1) is 0 Å². The maximum atomic E-state index is 12.5. The number of oxime groups is 1. The highest BCUT2D eigenvalue weighted by Crippen LogP contribution is 2.36. The minimum atomic E-state index is -0.859. The fraction of sp³-hybridized carbons (Fsp3) is 0.598. The van der Waals surface area contributed by atoms with E-state index in [4.69, 9.17) is 62.8 Å². The molecule has 40 nitrogen and oxygen atoms in total. The Morgan fingerprint density at radius 3 is 1.15 bits per heavy atom. The molecule has 7 fully saturated rings. The van der Waals surface area contributed by atoms with Crippen LogP contribution in [0.1, 0.15) is 211 Å². The molecule has 138 heavy (non-hydrogen) atoms. The van der Waals surface area contributed by atoms with Gasteiger partial charge < -0.3 is 62.8 Å². The number of carbonyl (C=O) groups excluding carboxylic acids is 12. The van der Waals surface area contributed by atoms with E-state index >= 15 is 0 Å². The van der Waals surface area contributed by atoms with Gasteiger partial charge in [-0.2, -0.15) is 11.0 Å². The Kier molecular flexibility index (Phi) is 51.2. The van der Waals surface area contributed by atoms with Gasteiger partial charge in [-0.05, 0) is 203 Å². The Morgan fingerprint density at radius 2 is 0.768 bits per heavy atom. The third-order valence-corrected chi connectivity index (χ3v) is 20.8. The second-order valence-electron chi connectivity index (χ2n) is 37.3. The maximum absolute atomic E-state index is 12.5. The van der Waals surface area contributed by atoms with Crippen LogP contribution in [0.15, 0.2) is 144 Å². The zero-order chi connectivity index (χ0) is 101. The number of amides is 6. The first-order valence-electron chi connectivity index (χ1n) is 45.2. The smallest absolute Gasteiger partial charge is 0.417 e. The standard InChI is InChI=1S/2C19H28N2O5.C19H26N2O5.C15H19N5O.C12H19NO5.C11H17NO5.CH5N.CH4.ClH/c3*1-19(2,3)26-18(23)21-12-15(10-11-16(21)17(22)24-4)20-25-13-14-8-6-5-7-9-14;1-12-19-10-15(8-7-14(19)9-17-18-16)20(12)21-11-13-5-3-2-4-6-13;1-12(2,3)18-11(16)13-7-8(14)5-6-9(13)10(15)17-4;1-11(2,3)17-10(15)12-7(9(14)16-4)5-6-8(12)13;1-2;;/h2*5-9,15-16,20H,10-13H2,1-4H3;5-9,16H,10-13H2,1-4H3;2-6,14-15H,1,7-11H2;9H,5-7H2,1-4H3;7H,5-6H2,1-4H3;2H2,1H3;1H4;1H/t15-,16+;15-,16-;16-;14-,15-;9-;7-;;;/m011111.../s1. The molecule has 41 heteroatoms. The molecule has 11 rings (SSSR count). The van der Waals surface area contributed by atoms with E-state index in [1.54, 1.807) is 104 Å². The van der Waals surface area contributed by atoms with Crippen LogP contribution in [0.4, 0.5) is 24.0 Å². The number of methoxy groups -OCH3 is 5. The molecule has 4 aromatic rings. The van der Waals surface area contributed by atoms with Gasteiger partial charge in [0, 0.05) is 50.0 Å². The topological polar surface area (TPSA) is 468 Å². The van der Waals surface area contributed by atoms with Crippen molar-refractivity contribution < 1.29 is 124 Å². The van der Waals surface area contributed by atoms with Gasteiger partial charge in [0.05, 0.1) is 92.3 Å². The lowest BCUT2D eigenvalue weighted by Crippen LogP contribution is -2.56. The van der Waals surface area contributed by atoms with Gasteiger partial charge in [0.1, 0.15) is 70.6 Å². The van der Waals surface area contributed by atoms with Crippen molar-refractivity contribution in [2.45, 2.75) is 297 Å². The minimum absolute atomic E-state index is 0. The number of azide groups is 1. The van der Waals surface area contributed by atoms with Gasteiger partial charge in [0.15, 0.2) is 5.78 Å². The zero-order valence-electron chi connectivity index (χ0n) is 83.0. The van der Waals surface area contributed by atoms with Gasteiger partial charge in [-0.25, -0.2) is 57.9 Å². The van der Waals surface area contributed by atoms with Crippen molar-refractivity contribution in [1.29, 1.82) is 0 Å². The Bertz CT molecular complexity index is 4480. The summed E-state index contributed by atoms with van der Waals surface area (Å²) in [6.45, 7) is 34.3. The quantitative estimate of drug-likeness (QED) is 0.0174. The molecule has 768 valence electrons. The number of esters is 5. The highest BCUT2D eigenvalue weighted by Gasteiger charge is 2.47. The first-order valence-corrected chi connectivity index (χ1v) is 45.2. The molecule has 4 N–H and O–H groups in total. The van der Waals surface area contributed by atoms with Crippen LogP contribution in [-0.4, -0.2) is 276 Å². The van der Waals surface area contributed by atoms with Crippen LogP contribution in [0.5, 0.6) is 0 Å². The Morgan fingerprint density at radius 1 is 0.428 bits per heavy atom. The van der Waals surface area contributed by atoms with Gasteiger partial charge in [0.2, 0.25) is 5.91 Å². The molecule has 0 saturated carbocycles. The van der Waals surface area contributed by atoms with E-state index in [9.17, 15) is 57.5 Å². The predicted octanol–water partition coefficient (Wildman–Crippen LogP) is 14.3. The number of piperidine rings is 5. The van der Waals surface area contributed by atoms with Crippen molar-refractivity contribution in [3.8, 4) is 0 Å². The number of hydrogen-bond acceptors (Lipinski definition) is 33. The number of halogens is 1. The maximum Gasteiger partial charge on any atom is 0.417 e. The first-order chi connectivity index (χ1) is 64.2. The molecule has 9 atom stereocenters. The number of nitrogens with zero attached hydrogens (tertiary/aromatic N) is 11. The number of likely N-dealkylation sites (tertiary alicyclic amines) is 5. The number of rotatable bonds is 21. The predicted molar refractivity (Wildman–Crippen MR) is 514 cm³/mol. The fourth-order valence-corrected chi connectivity index (χ4v) is 14.5. The largest absolute Gasteiger partial charge is 0.467 e. The van der Waals surface area contributed by atoms with Crippen molar-refractivity contribution in [2.24, 2.45) is 16.0 Å². The molecule has 0 aliphatic carbocycles. The van der Waals surface area contributed by atoms with Crippen LogP contribution in [0.3, 0.4) is 0 Å². The van der Waals surface area contributed by atoms with Crippen LogP contribution >= 0.6 is 12.4 Å². The minimum Gasteiger partial charge on any atom is -0.467 e. The molecule has 7 aliphatic heterocycles. The van der Waals surface area contributed by atoms with E-state index in [0.29, 0.717) is 96.3 Å². The molecule has 4 aromatic carbocycles. The lowest BCUT2D eigenvalue weighted by Gasteiger charge is -2.38. The van der Waals surface area contributed by atoms with Crippen molar-refractivity contribution >= 4 is 90.1 Å². The average Bonchev–Trinajstić information content (AvgIpc) is 1.65. The normalized spacial score (nSPS) is 20.2. The molecule has 6 amide bonds. The highest BCUT2D eigenvalue weighted by atomic mass is 35.5. The summed E-state index contributed by atoms with van der Waals surface area (Å²) < 4.78 is 50.2. The summed E-state index contributed by atoms with van der Waals surface area (Å²) in [7, 11) is 7.93. The second-order valence-corrected chi connectivity index (χ2v) is 37.3. The van der Waals surface area contributed by atoms with E-state index in [1.165, 1.54) is 57.3 Å². The zero-order valence-corrected chi connectivity index (χ0v) is 83.8. The Balaban J connectivity index is 0.000000426. The molecular formula is C97H147ClN14O26. The number of ketones is 1. The number of imide groups is 1. The summed E-state index contributed by atoms with van der Waals surface area (Å²) in [6, 6.07) is 36.3. The monoisotopic (exact) mass is 1960 g/mol. The second kappa shape index (κ2) is 58.7. The van der Waals surface area contributed by atoms with E-state index in [0.717, 1.165) is 57.3 Å². The number of nitrogens with two attached hydrogens (primary N) is 1. The summed E-state index contributed by atoms with van der Waals surface area (Å²) in [5.74, 6) is -2.04. The molecule has 2 bridgehead atoms. The number of nitrogens with one attached hydrogen (secondary N) is 2. The first kappa shape index (κ1) is 120. The molecule has 0 unspecified atom stereocenters. The van der Waals surface area contributed by atoms with Crippen molar-refractivity contribution in [3.05, 3.63) is 166 Å². The number of ether oxygens (including phenoxy) is 10. The number of hydrogen-bond donors (Lipinski definition) is 3. The number of benzene rings is 4. The summed E-state index contributed by atoms with van der Waals surface area (Å²) in [6.07, 6.45) is 3.28. The van der Waals surface area contributed by atoms with Crippen molar-refractivity contribution in [2.75, 3.05) is 81.9 Å². The van der Waals surface area contributed by atoms with E-state index in [1.807, 2.05) is 114 Å². The van der Waals surface area contributed by atoms with Crippen LogP contribution in [0.25, 0.3) is 10.4 Å². The third kappa shape index (κ3) is 41.8. The van der Waals surface area contributed by atoms with E-state index in [2.05, 4.69) is 65.0 Å². The van der Waals surface area contributed by atoms with Crippen LogP contribution < -0.4 is 16.7 Å². The molecular weight excluding hydrogens is 1810 g/mol. The van der Waals surface area contributed by atoms with Gasteiger partial charge in [0.25, 0.3) is 0 Å². The molecule has 7 aliphatic rings. The Hall–Kier alpha value is -11.9. The van der Waals surface area contributed by atoms with Gasteiger partial charge >= 0.3 is 60.3 Å². The van der Waals surface area contributed by atoms with Gasteiger partial charge in [-0.15, -0.1) is 12.4 Å². The highest BCUT2D eigenvalue weighted by molar-refractivity contribution is 5.99. The molecule has 7 heterocycles. The lowest BCUT2D eigenvalue weighted by atomic mass is 9.99. The van der Waals surface area contributed by atoms with Gasteiger partial charge in [-0.1, -0.05) is 146 Å². The summed E-state index contributed by atoms with van der Waals surface area (Å²) in [4.78, 5) is 177. The summed E-state index contributed by atoms with van der Waals surface area (Å²) in [5.41, 5.74) is 20.6. The number of Topliss-reactive ketones (excluding diaryl/α,β-unsaturated/α-hetero) is 1. The summed E-state index contributed by atoms with van der Waals surface area (Å²) >= 11 is 0. The van der Waals surface area contributed by atoms with E-state index < -0.39 is 124 Å².